The predicted octanol–water partition coefficient (Wildman–Crippen LogP) is 1.98. The molecule has 0 radical (unpaired) electrons. The topological polar surface area (TPSA) is 54.2 Å². The molecule has 0 unspecified atom stereocenters. The van der Waals surface area contributed by atoms with Crippen molar-refractivity contribution in [1.82, 2.24) is 20.4 Å². The van der Waals surface area contributed by atoms with E-state index in [0.29, 0.717) is 17.8 Å². The van der Waals surface area contributed by atoms with E-state index in [4.69, 9.17) is 4.42 Å². The Labute approximate surface area is 116 Å². The van der Waals surface area contributed by atoms with E-state index in [1.165, 1.54) is 12.8 Å². The van der Waals surface area contributed by atoms with Gasteiger partial charge in [0.2, 0.25) is 5.89 Å². The van der Waals surface area contributed by atoms with Crippen LogP contribution >= 0.6 is 11.3 Å². The Balaban J connectivity index is 1.63. The highest BCUT2D eigenvalue weighted by molar-refractivity contribution is 7.13. The van der Waals surface area contributed by atoms with Crippen LogP contribution in [0.4, 0.5) is 0 Å². The van der Waals surface area contributed by atoms with Crippen molar-refractivity contribution < 1.29 is 4.42 Å². The van der Waals surface area contributed by atoms with E-state index >= 15 is 0 Å². The summed E-state index contributed by atoms with van der Waals surface area (Å²) in [5.41, 5.74) is 0. The van der Waals surface area contributed by atoms with E-state index in [1.807, 2.05) is 17.5 Å². The minimum Gasteiger partial charge on any atom is -0.419 e. The lowest BCUT2D eigenvalue weighted by molar-refractivity contribution is 0.177. The van der Waals surface area contributed by atoms with Gasteiger partial charge in [-0.05, 0) is 44.4 Å². The lowest BCUT2D eigenvalue weighted by Crippen LogP contribution is -2.40. The van der Waals surface area contributed by atoms with Gasteiger partial charge in [0.15, 0.2) is 0 Å². The van der Waals surface area contributed by atoms with Crippen molar-refractivity contribution in [2.75, 3.05) is 20.1 Å². The molecule has 0 atom stereocenters. The van der Waals surface area contributed by atoms with E-state index in [2.05, 4.69) is 27.5 Å². The maximum atomic E-state index is 5.72. The lowest BCUT2D eigenvalue weighted by atomic mass is 10.1. The molecule has 0 spiro atoms. The monoisotopic (exact) mass is 278 g/mol. The Hall–Kier alpha value is -1.24. The molecular formula is C13H18N4OS. The third-order valence-corrected chi connectivity index (χ3v) is 4.37. The summed E-state index contributed by atoms with van der Waals surface area (Å²) < 4.78 is 5.72. The molecule has 6 heteroatoms. The number of hydrogen-bond acceptors (Lipinski definition) is 6. The first-order chi connectivity index (χ1) is 9.33. The number of piperidine rings is 1. The molecule has 1 N–H and O–H groups in total. The Kier molecular flexibility index (Phi) is 3.91. The first-order valence-electron chi connectivity index (χ1n) is 6.60. The van der Waals surface area contributed by atoms with Gasteiger partial charge < -0.3 is 9.73 Å². The van der Waals surface area contributed by atoms with Crippen molar-refractivity contribution in [3.8, 4) is 10.8 Å². The van der Waals surface area contributed by atoms with Gasteiger partial charge in [0.1, 0.15) is 0 Å². The fourth-order valence-electron chi connectivity index (χ4n) is 2.41. The second-order valence-electron chi connectivity index (χ2n) is 4.87. The molecule has 3 heterocycles. The largest absolute Gasteiger partial charge is 0.419 e. The molecule has 1 aliphatic heterocycles. The first-order valence-corrected chi connectivity index (χ1v) is 7.48. The standard InChI is InChI=1S/C13H18N4OS/c1-17(10-4-6-14-7-5-10)9-12-15-16-13(18-12)11-3-2-8-19-11/h2-3,8,10,14H,4-7,9H2,1H3. The fourth-order valence-corrected chi connectivity index (χ4v) is 3.05. The summed E-state index contributed by atoms with van der Waals surface area (Å²) in [6, 6.07) is 4.60. The zero-order chi connectivity index (χ0) is 13.1. The van der Waals surface area contributed by atoms with Gasteiger partial charge in [-0.1, -0.05) is 6.07 Å². The first kappa shape index (κ1) is 12.8. The summed E-state index contributed by atoms with van der Waals surface area (Å²) in [5.74, 6) is 1.33. The molecule has 1 fully saturated rings. The number of thiophene rings is 1. The van der Waals surface area contributed by atoms with Gasteiger partial charge in [0.25, 0.3) is 5.89 Å². The van der Waals surface area contributed by atoms with E-state index in [0.717, 1.165) is 24.5 Å². The van der Waals surface area contributed by atoms with Crippen LogP contribution in [0.2, 0.25) is 0 Å². The normalized spacial score (nSPS) is 17.2. The molecule has 2 aromatic heterocycles. The van der Waals surface area contributed by atoms with Gasteiger partial charge in [0.05, 0.1) is 11.4 Å². The number of rotatable bonds is 4. The van der Waals surface area contributed by atoms with Crippen LogP contribution in [0.5, 0.6) is 0 Å². The zero-order valence-corrected chi connectivity index (χ0v) is 11.8. The van der Waals surface area contributed by atoms with Crippen LogP contribution in [0.25, 0.3) is 10.8 Å². The minimum atomic E-state index is 0.610. The van der Waals surface area contributed by atoms with Crippen LogP contribution in [0.15, 0.2) is 21.9 Å². The average Bonchev–Trinajstić information content (AvgIpc) is 3.10. The third kappa shape index (κ3) is 3.02. The molecule has 1 saturated heterocycles. The van der Waals surface area contributed by atoms with Gasteiger partial charge >= 0.3 is 0 Å². The van der Waals surface area contributed by atoms with E-state index < -0.39 is 0 Å². The van der Waals surface area contributed by atoms with Crippen LogP contribution in [-0.4, -0.2) is 41.3 Å². The van der Waals surface area contributed by atoms with E-state index in [9.17, 15) is 0 Å². The molecule has 5 nitrogen and oxygen atoms in total. The van der Waals surface area contributed by atoms with Crippen LogP contribution in [0.1, 0.15) is 18.7 Å². The Morgan fingerprint density at radius 1 is 1.42 bits per heavy atom. The highest BCUT2D eigenvalue weighted by Crippen LogP contribution is 2.23. The highest BCUT2D eigenvalue weighted by Gasteiger charge is 2.20. The highest BCUT2D eigenvalue weighted by atomic mass is 32.1. The zero-order valence-electron chi connectivity index (χ0n) is 11.0. The summed E-state index contributed by atoms with van der Waals surface area (Å²) in [6.45, 7) is 2.92. The molecule has 0 amide bonds. The maximum absolute atomic E-state index is 5.72. The van der Waals surface area contributed by atoms with Gasteiger partial charge in [0, 0.05) is 6.04 Å². The SMILES string of the molecule is CN(Cc1nnc(-c2cccs2)o1)C1CCNCC1. The van der Waals surface area contributed by atoms with Crippen LogP contribution in [0, 0.1) is 0 Å². The molecule has 19 heavy (non-hydrogen) atoms. The van der Waals surface area contributed by atoms with Crippen molar-refractivity contribution >= 4 is 11.3 Å². The second kappa shape index (κ2) is 5.81. The molecule has 102 valence electrons. The Bertz CT molecular complexity index is 504. The van der Waals surface area contributed by atoms with Crippen molar-refractivity contribution in [1.29, 1.82) is 0 Å². The van der Waals surface area contributed by atoms with Crippen molar-refractivity contribution in [3.05, 3.63) is 23.4 Å². The van der Waals surface area contributed by atoms with Gasteiger partial charge in [-0.3, -0.25) is 4.90 Å². The molecule has 0 aliphatic carbocycles. The van der Waals surface area contributed by atoms with Gasteiger partial charge in [-0.15, -0.1) is 21.5 Å². The quantitative estimate of drug-likeness (QED) is 0.927. The van der Waals surface area contributed by atoms with Gasteiger partial charge in [-0.2, -0.15) is 0 Å². The molecular weight excluding hydrogens is 260 g/mol. The minimum absolute atomic E-state index is 0.610. The number of nitrogens with zero attached hydrogens (tertiary/aromatic N) is 3. The summed E-state index contributed by atoms with van der Waals surface area (Å²) in [5, 5.41) is 13.6. The third-order valence-electron chi connectivity index (χ3n) is 3.52. The molecule has 2 aromatic rings. The Morgan fingerprint density at radius 2 is 2.26 bits per heavy atom. The van der Waals surface area contributed by atoms with Crippen molar-refractivity contribution in [2.24, 2.45) is 0 Å². The van der Waals surface area contributed by atoms with E-state index in [-0.39, 0.29) is 0 Å². The molecule has 0 aromatic carbocycles. The number of nitrogens with one attached hydrogen (secondary N) is 1. The average molecular weight is 278 g/mol. The molecule has 0 bridgehead atoms. The van der Waals surface area contributed by atoms with Gasteiger partial charge in [-0.25, -0.2) is 0 Å². The van der Waals surface area contributed by atoms with Crippen molar-refractivity contribution in [3.63, 3.8) is 0 Å². The molecule has 3 rings (SSSR count). The van der Waals surface area contributed by atoms with Crippen LogP contribution in [-0.2, 0) is 6.54 Å². The Morgan fingerprint density at radius 3 is 3.00 bits per heavy atom. The lowest BCUT2D eigenvalue weighted by Gasteiger charge is -2.30. The summed E-state index contributed by atoms with van der Waals surface area (Å²) in [6.07, 6.45) is 2.37. The number of hydrogen-bond donors (Lipinski definition) is 1. The summed E-state index contributed by atoms with van der Waals surface area (Å²) in [4.78, 5) is 3.34. The summed E-state index contributed by atoms with van der Waals surface area (Å²) in [7, 11) is 2.13. The molecule has 1 aliphatic rings. The van der Waals surface area contributed by atoms with Crippen LogP contribution in [0.3, 0.4) is 0 Å². The van der Waals surface area contributed by atoms with Crippen molar-refractivity contribution in [2.45, 2.75) is 25.4 Å². The van der Waals surface area contributed by atoms with E-state index in [1.54, 1.807) is 11.3 Å². The predicted molar refractivity (Wildman–Crippen MR) is 75.0 cm³/mol. The summed E-state index contributed by atoms with van der Waals surface area (Å²) >= 11 is 1.62. The molecule has 0 saturated carbocycles. The fraction of sp³-hybridized carbons (Fsp3) is 0.538. The van der Waals surface area contributed by atoms with Crippen LogP contribution < -0.4 is 5.32 Å². The number of aromatic nitrogens is 2. The second-order valence-corrected chi connectivity index (χ2v) is 5.82. The smallest absolute Gasteiger partial charge is 0.257 e. The maximum Gasteiger partial charge on any atom is 0.257 e.